The van der Waals surface area contributed by atoms with E-state index in [1.54, 1.807) is 23.3 Å². The van der Waals surface area contributed by atoms with Gasteiger partial charge in [0.2, 0.25) is 5.03 Å². The molecule has 4 N–H and O–H groups in total. The van der Waals surface area contributed by atoms with Crippen molar-refractivity contribution in [3.05, 3.63) is 11.6 Å². The monoisotopic (exact) mass is 349 g/mol. The standard InChI is InChI=1S/C11H19N5O2S3/c1-19-7-4-2-3-5-13-21(17,18)10-9(15-12)14-11-16(10)6-8-20-11/h6,8,13,15H,2-5,7,12H2,1H3. The SMILES string of the molecule is CSCCCCCNS(=O)(=O)c1c(NN)nc2sccn12. The average Bonchev–Trinajstić information content (AvgIpc) is 3.02. The summed E-state index contributed by atoms with van der Waals surface area (Å²) in [6, 6.07) is 0. The average molecular weight is 350 g/mol. The van der Waals surface area contributed by atoms with Gasteiger partial charge in [0, 0.05) is 18.1 Å². The van der Waals surface area contributed by atoms with Crippen molar-refractivity contribution in [2.24, 2.45) is 5.84 Å². The highest BCUT2D eigenvalue weighted by Gasteiger charge is 2.25. The molecule has 0 saturated heterocycles. The van der Waals surface area contributed by atoms with Gasteiger partial charge in [-0.15, -0.1) is 11.3 Å². The van der Waals surface area contributed by atoms with Crippen molar-refractivity contribution in [2.75, 3.05) is 24.0 Å². The summed E-state index contributed by atoms with van der Waals surface area (Å²) in [4.78, 5) is 4.74. The van der Waals surface area contributed by atoms with Crippen LogP contribution >= 0.6 is 23.1 Å². The van der Waals surface area contributed by atoms with Gasteiger partial charge in [-0.2, -0.15) is 16.7 Å². The molecule has 0 saturated carbocycles. The molecule has 0 radical (unpaired) electrons. The number of rotatable bonds is 9. The van der Waals surface area contributed by atoms with Crippen molar-refractivity contribution < 1.29 is 8.42 Å². The first kappa shape index (κ1) is 16.6. The summed E-state index contributed by atoms with van der Waals surface area (Å²) in [5.74, 6) is 6.63. The number of nitrogen functional groups attached to an aromatic ring is 1. The van der Waals surface area contributed by atoms with Crippen LogP contribution < -0.4 is 16.0 Å². The molecule has 0 fully saturated rings. The first-order chi connectivity index (χ1) is 10.1. The zero-order chi connectivity index (χ0) is 15.3. The van der Waals surface area contributed by atoms with Crippen molar-refractivity contribution in [3.63, 3.8) is 0 Å². The number of aromatic nitrogens is 2. The Bertz CT molecular complexity index is 679. The highest BCUT2D eigenvalue weighted by Crippen LogP contribution is 2.24. The van der Waals surface area contributed by atoms with E-state index in [0.717, 1.165) is 25.0 Å². The summed E-state index contributed by atoms with van der Waals surface area (Å²) >= 11 is 3.15. The maximum absolute atomic E-state index is 12.4. The fourth-order valence-corrected chi connectivity index (χ4v) is 4.52. The number of sulfonamides is 1. The van der Waals surface area contributed by atoms with E-state index in [4.69, 9.17) is 5.84 Å². The van der Waals surface area contributed by atoms with Crippen LogP contribution in [0.2, 0.25) is 0 Å². The van der Waals surface area contributed by atoms with Gasteiger partial charge in [-0.1, -0.05) is 6.42 Å². The summed E-state index contributed by atoms with van der Waals surface area (Å²) in [6.07, 6.45) is 6.65. The number of imidazole rings is 1. The van der Waals surface area contributed by atoms with Crippen LogP contribution in [-0.4, -0.2) is 36.4 Å². The number of thiazole rings is 1. The zero-order valence-electron chi connectivity index (χ0n) is 11.7. The normalized spacial score (nSPS) is 12.1. The van der Waals surface area contributed by atoms with Crippen LogP contribution in [0.25, 0.3) is 4.96 Å². The number of nitrogens with two attached hydrogens (primary N) is 1. The lowest BCUT2D eigenvalue weighted by Crippen LogP contribution is -2.27. The Morgan fingerprint density at radius 1 is 1.43 bits per heavy atom. The molecule has 0 amide bonds. The highest BCUT2D eigenvalue weighted by atomic mass is 32.2. The maximum Gasteiger partial charge on any atom is 0.260 e. The van der Waals surface area contributed by atoms with E-state index in [9.17, 15) is 8.42 Å². The van der Waals surface area contributed by atoms with E-state index in [1.165, 1.54) is 15.7 Å². The van der Waals surface area contributed by atoms with Crippen LogP contribution in [0.5, 0.6) is 0 Å². The van der Waals surface area contributed by atoms with Gasteiger partial charge in [-0.3, -0.25) is 4.40 Å². The van der Waals surface area contributed by atoms with Crippen LogP contribution in [0.4, 0.5) is 5.82 Å². The Labute approximate surface area is 132 Å². The van der Waals surface area contributed by atoms with Crippen LogP contribution in [-0.2, 0) is 10.0 Å². The van der Waals surface area contributed by atoms with Crippen LogP contribution in [0.3, 0.4) is 0 Å². The Kier molecular flexibility index (Phi) is 5.88. The maximum atomic E-state index is 12.4. The van der Waals surface area contributed by atoms with Gasteiger partial charge in [-0.05, 0) is 24.9 Å². The fourth-order valence-electron chi connectivity index (χ4n) is 1.94. The minimum atomic E-state index is -3.64. The third-order valence-corrected chi connectivity index (χ3v) is 5.86. The topological polar surface area (TPSA) is 102 Å². The number of nitrogens with one attached hydrogen (secondary N) is 2. The van der Waals surface area contributed by atoms with Gasteiger partial charge in [0.25, 0.3) is 10.0 Å². The zero-order valence-corrected chi connectivity index (χ0v) is 14.2. The lowest BCUT2D eigenvalue weighted by molar-refractivity contribution is 0.572. The van der Waals surface area contributed by atoms with Gasteiger partial charge in [0.15, 0.2) is 10.8 Å². The second-order valence-corrected chi connectivity index (χ2v) is 7.96. The van der Waals surface area contributed by atoms with Gasteiger partial charge < -0.3 is 5.43 Å². The van der Waals surface area contributed by atoms with E-state index < -0.39 is 10.0 Å². The number of hydrogen-bond donors (Lipinski definition) is 3. The molecule has 0 aromatic carbocycles. The Morgan fingerprint density at radius 3 is 2.95 bits per heavy atom. The summed E-state index contributed by atoms with van der Waals surface area (Å²) in [7, 11) is -3.64. The lowest BCUT2D eigenvalue weighted by atomic mass is 10.2. The largest absolute Gasteiger partial charge is 0.306 e. The molecular formula is C11H19N5O2S3. The molecule has 0 unspecified atom stereocenters. The first-order valence-electron chi connectivity index (χ1n) is 6.51. The third-order valence-electron chi connectivity index (χ3n) is 2.93. The van der Waals surface area contributed by atoms with E-state index >= 15 is 0 Å². The number of hydrazine groups is 1. The predicted molar refractivity (Wildman–Crippen MR) is 88.3 cm³/mol. The molecule has 10 heteroatoms. The Hall–Kier alpha value is -0.810. The van der Waals surface area contributed by atoms with Crippen LogP contribution in [0, 0.1) is 0 Å². The number of nitrogens with zero attached hydrogens (tertiary/aromatic N) is 2. The highest BCUT2D eigenvalue weighted by molar-refractivity contribution is 7.98. The summed E-state index contributed by atoms with van der Waals surface area (Å²) < 4.78 is 28.9. The molecule has 0 aliphatic carbocycles. The lowest BCUT2D eigenvalue weighted by Gasteiger charge is -2.07. The van der Waals surface area contributed by atoms with Crippen molar-refractivity contribution in [1.29, 1.82) is 0 Å². The molecule has 21 heavy (non-hydrogen) atoms. The molecule has 0 aliphatic rings. The molecular weight excluding hydrogens is 330 g/mol. The van der Waals surface area contributed by atoms with Crippen LogP contribution in [0.15, 0.2) is 16.6 Å². The van der Waals surface area contributed by atoms with Crippen molar-refractivity contribution in [2.45, 2.75) is 24.3 Å². The smallest absolute Gasteiger partial charge is 0.260 e. The second kappa shape index (κ2) is 7.45. The Balaban J connectivity index is 2.05. The summed E-state index contributed by atoms with van der Waals surface area (Å²) in [5.41, 5.74) is 2.35. The molecule has 0 aliphatic heterocycles. The molecule has 2 aromatic rings. The van der Waals surface area contributed by atoms with E-state index in [0.29, 0.717) is 11.5 Å². The predicted octanol–water partition coefficient (Wildman–Crippen LogP) is 1.49. The van der Waals surface area contributed by atoms with E-state index in [1.807, 2.05) is 0 Å². The van der Waals surface area contributed by atoms with E-state index in [2.05, 4.69) is 21.4 Å². The Morgan fingerprint density at radius 2 is 2.24 bits per heavy atom. The van der Waals surface area contributed by atoms with Gasteiger partial charge in [0.1, 0.15) is 0 Å². The molecule has 2 aromatic heterocycles. The van der Waals surface area contributed by atoms with Crippen molar-refractivity contribution in [3.8, 4) is 0 Å². The summed E-state index contributed by atoms with van der Waals surface area (Å²) in [6.45, 7) is 0.415. The van der Waals surface area contributed by atoms with Gasteiger partial charge in [0.05, 0.1) is 0 Å². The quantitative estimate of drug-likeness (QED) is 0.360. The molecule has 0 spiro atoms. The van der Waals surface area contributed by atoms with Crippen molar-refractivity contribution >= 4 is 43.9 Å². The molecule has 118 valence electrons. The minimum Gasteiger partial charge on any atom is -0.306 e. The third kappa shape index (κ3) is 3.89. The molecule has 0 bridgehead atoms. The molecule has 0 atom stereocenters. The van der Waals surface area contributed by atoms with Gasteiger partial charge in [-0.25, -0.2) is 19.0 Å². The second-order valence-electron chi connectivity index (χ2n) is 4.42. The summed E-state index contributed by atoms with van der Waals surface area (Å²) in [5, 5.41) is 1.84. The molecule has 2 heterocycles. The number of anilines is 1. The number of thioether (sulfide) groups is 1. The molecule has 2 rings (SSSR count). The van der Waals surface area contributed by atoms with E-state index in [-0.39, 0.29) is 10.8 Å². The number of hydrogen-bond acceptors (Lipinski definition) is 7. The van der Waals surface area contributed by atoms with Crippen LogP contribution in [0.1, 0.15) is 19.3 Å². The van der Waals surface area contributed by atoms with Crippen molar-refractivity contribution in [1.82, 2.24) is 14.1 Å². The minimum absolute atomic E-state index is 0.0605. The number of fused-ring (bicyclic) bond motifs is 1. The molecule has 7 nitrogen and oxygen atoms in total. The van der Waals surface area contributed by atoms with Gasteiger partial charge >= 0.3 is 0 Å². The fraction of sp³-hybridized carbons (Fsp3) is 0.545. The number of unbranched alkanes of at least 4 members (excludes halogenated alkanes) is 2. The first-order valence-corrected chi connectivity index (χ1v) is 10.3.